The Morgan fingerprint density at radius 3 is 2.68 bits per heavy atom. The van der Waals surface area contributed by atoms with E-state index in [1.807, 2.05) is 4.98 Å². The van der Waals surface area contributed by atoms with E-state index in [1.54, 1.807) is 0 Å². The number of halogens is 1. The zero-order valence-electron chi connectivity index (χ0n) is 14.7. The average Bonchev–Trinajstić information content (AvgIpc) is 2.67. The molecular formula is C14H20ClN5O8. The highest BCUT2D eigenvalue weighted by Gasteiger charge is 2.50. The number of nitrogens with one attached hydrogen (secondary N) is 2. The normalized spacial score (nSPS) is 27.2. The lowest BCUT2D eigenvalue weighted by atomic mass is 9.95. The lowest BCUT2D eigenvalue weighted by Gasteiger charge is -2.44. The smallest absolute Gasteiger partial charge is 0.340 e. The Morgan fingerprint density at radius 2 is 2.11 bits per heavy atom. The van der Waals surface area contributed by atoms with Gasteiger partial charge < -0.3 is 25.4 Å². The monoisotopic (exact) mass is 421 g/mol. The lowest BCUT2D eigenvalue weighted by molar-refractivity contribution is -0.232. The van der Waals surface area contributed by atoms with E-state index in [4.69, 9.17) is 16.3 Å². The van der Waals surface area contributed by atoms with Crippen molar-refractivity contribution in [1.82, 2.24) is 19.9 Å². The predicted molar refractivity (Wildman–Crippen MR) is 94.6 cm³/mol. The molecule has 1 saturated heterocycles. The van der Waals surface area contributed by atoms with Crippen LogP contribution in [0.1, 0.15) is 11.8 Å². The molecule has 1 aromatic rings. The Bertz CT molecular complexity index is 829. The van der Waals surface area contributed by atoms with Crippen LogP contribution in [0.2, 0.25) is 0 Å². The topological polar surface area (TPSA) is 187 Å². The van der Waals surface area contributed by atoms with Crippen molar-refractivity contribution in [2.45, 2.75) is 37.5 Å². The van der Waals surface area contributed by atoms with Gasteiger partial charge in [-0.1, -0.05) is 0 Å². The number of rotatable bonds is 6. The quantitative estimate of drug-likeness (QED) is 0.193. The molecule has 5 N–H and O–H groups in total. The molecular weight excluding hydrogens is 402 g/mol. The fraction of sp³-hybridized carbons (Fsp3) is 0.643. The zero-order chi connectivity index (χ0) is 21.0. The third-order valence-corrected chi connectivity index (χ3v) is 4.43. The van der Waals surface area contributed by atoms with Gasteiger partial charge in [-0.15, -0.1) is 16.5 Å². The van der Waals surface area contributed by atoms with E-state index in [1.165, 1.54) is 6.92 Å². The highest BCUT2D eigenvalue weighted by Crippen LogP contribution is 2.31. The molecule has 2 amide bonds. The molecule has 0 aromatic carbocycles. The van der Waals surface area contributed by atoms with E-state index < -0.39 is 54.5 Å². The summed E-state index contributed by atoms with van der Waals surface area (Å²) in [6.07, 6.45) is -5.32. The van der Waals surface area contributed by atoms with E-state index in [-0.39, 0.29) is 23.0 Å². The van der Waals surface area contributed by atoms with Gasteiger partial charge >= 0.3 is 11.7 Å². The Kier molecular flexibility index (Phi) is 7.26. The fourth-order valence-corrected chi connectivity index (χ4v) is 2.91. The summed E-state index contributed by atoms with van der Waals surface area (Å²) in [5.41, 5.74) is -1.53. The van der Waals surface area contributed by atoms with Crippen molar-refractivity contribution >= 4 is 17.6 Å². The predicted octanol–water partition coefficient (Wildman–Crippen LogP) is -2.24. The van der Waals surface area contributed by atoms with Gasteiger partial charge in [0.25, 0.3) is 5.56 Å². The molecule has 0 aliphatic carbocycles. The number of nitrogens with zero attached hydrogens (tertiary/aromatic N) is 3. The van der Waals surface area contributed by atoms with Crippen molar-refractivity contribution in [3.05, 3.63) is 37.5 Å². The molecule has 13 nitrogen and oxygen atoms in total. The third kappa shape index (κ3) is 4.23. The molecule has 1 fully saturated rings. The van der Waals surface area contributed by atoms with E-state index >= 15 is 0 Å². The SMILES string of the molecule is Cc1cn([C@@H]2O[C@H](CO)[C@@H](O)[C@H](O)[C@H]2N(N=O)C(=O)NCCCl)c(=O)[nH]c1=O. The van der Waals surface area contributed by atoms with Gasteiger partial charge in [0, 0.05) is 24.2 Å². The van der Waals surface area contributed by atoms with Gasteiger partial charge in [-0.05, 0) is 6.92 Å². The van der Waals surface area contributed by atoms with Crippen molar-refractivity contribution in [2.24, 2.45) is 5.29 Å². The van der Waals surface area contributed by atoms with Gasteiger partial charge in [0.2, 0.25) is 0 Å². The molecule has 0 radical (unpaired) electrons. The Balaban J connectivity index is 2.55. The van der Waals surface area contributed by atoms with E-state index in [2.05, 4.69) is 10.6 Å². The van der Waals surface area contributed by atoms with Gasteiger partial charge in [-0.2, -0.15) is 5.01 Å². The number of aryl methyl sites for hydroxylation is 1. The van der Waals surface area contributed by atoms with Crippen molar-refractivity contribution in [2.75, 3.05) is 19.0 Å². The summed E-state index contributed by atoms with van der Waals surface area (Å²) in [6.45, 7) is 0.635. The van der Waals surface area contributed by atoms with Crippen molar-refractivity contribution in [3.8, 4) is 0 Å². The van der Waals surface area contributed by atoms with Crippen molar-refractivity contribution < 1.29 is 24.9 Å². The van der Waals surface area contributed by atoms with Gasteiger partial charge in [-0.3, -0.25) is 14.3 Å². The van der Waals surface area contributed by atoms with Crippen LogP contribution in [0.15, 0.2) is 21.1 Å². The molecule has 0 bridgehead atoms. The number of aliphatic hydroxyl groups excluding tert-OH is 3. The first kappa shape index (κ1) is 22.0. The number of H-pyrrole nitrogens is 1. The number of nitroso groups, excluding NO2 is 1. The Labute approximate surface area is 162 Å². The minimum atomic E-state index is -1.82. The molecule has 14 heteroatoms. The summed E-state index contributed by atoms with van der Waals surface area (Å²) in [4.78, 5) is 49.5. The molecule has 1 aliphatic heterocycles. The van der Waals surface area contributed by atoms with Crippen LogP contribution in [-0.2, 0) is 4.74 Å². The summed E-state index contributed by atoms with van der Waals surface area (Å²) in [6, 6.07) is -2.72. The number of aromatic amines is 1. The second kappa shape index (κ2) is 9.25. The molecule has 0 saturated carbocycles. The fourth-order valence-electron chi connectivity index (χ4n) is 2.81. The van der Waals surface area contributed by atoms with E-state index in [0.29, 0.717) is 0 Å². The summed E-state index contributed by atoms with van der Waals surface area (Å²) in [5.74, 6) is 0.0272. The van der Waals surface area contributed by atoms with Crippen LogP contribution in [0.5, 0.6) is 0 Å². The van der Waals surface area contributed by atoms with Gasteiger partial charge in [0.05, 0.1) is 11.9 Å². The molecule has 2 rings (SSSR count). The number of alkyl halides is 1. The maximum atomic E-state index is 12.2. The van der Waals surface area contributed by atoms with E-state index in [0.717, 1.165) is 10.8 Å². The summed E-state index contributed by atoms with van der Waals surface area (Å²) in [7, 11) is 0. The molecule has 2 heterocycles. The first-order chi connectivity index (χ1) is 13.3. The lowest BCUT2D eigenvalue weighted by Crippen LogP contribution is -2.64. The third-order valence-electron chi connectivity index (χ3n) is 4.24. The highest BCUT2D eigenvalue weighted by atomic mass is 35.5. The number of aromatic nitrogens is 2. The maximum absolute atomic E-state index is 12.2. The first-order valence-electron chi connectivity index (χ1n) is 8.17. The van der Waals surface area contributed by atoms with Gasteiger partial charge in [0.15, 0.2) is 6.23 Å². The number of aliphatic hydroxyl groups is 3. The second-order valence-electron chi connectivity index (χ2n) is 6.05. The summed E-state index contributed by atoms with van der Waals surface area (Å²) in [5, 5.41) is 35.1. The number of hydrogen-bond donors (Lipinski definition) is 5. The van der Waals surface area contributed by atoms with Crippen LogP contribution < -0.4 is 16.6 Å². The van der Waals surface area contributed by atoms with Crippen LogP contribution >= 0.6 is 11.6 Å². The molecule has 0 spiro atoms. The Hall–Kier alpha value is -2.32. The average molecular weight is 422 g/mol. The largest absolute Gasteiger partial charge is 0.394 e. The highest BCUT2D eigenvalue weighted by molar-refractivity contribution is 6.18. The van der Waals surface area contributed by atoms with Crippen LogP contribution in [0.4, 0.5) is 4.79 Å². The number of urea groups is 1. The molecule has 5 atom stereocenters. The molecule has 156 valence electrons. The zero-order valence-corrected chi connectivity index (χ0v) is 15.4. The number of hydrogen-bond acceptors (Lipinski definition) is 9. The second-order valence-corrected chi connectivity index (χ2v) is 6.42. The number of ether oxygens (including phenoxy) is 1. The van der Waals surface area contributed by atoms with Crippen molar-refractivity contribution in [1.29, 1.82) is 0 Å². The van der Waals surface area contributed by atoms with Crippen LogP contribution in [0.25, 0.3) is 0 Å². The first-order valence-corrected chi connectivity index (χ1v) is 8.71. The standard InChI is InChI=1S/C14H20ClN5O8/c1-6-4-19(14(26)17-11(6)24)12-8(10(23)9(22)7(5-21)28-12)20(18-27)13(25)16-3-2-15/h4,7-10,12,21-23H,2-3,5H2,1H3,(H,16,25)(H,17,24,26)/t7-,8-,9-,10-,12-/m1/s1. The van der Waals surface area contributed by atoms with Gasteiger partial charge in [0.1, 0.15) is 24.4 Å². The molecule has 1 aliphatic rings. The minimum Gasteiger partial charge on any atom is -0.394 e. The number of amides is 2. The number of carbonyl (C=O) groups is 1. The van der Waals surface area contributed by atoms with Crippen LogP contribution in [-0.4, -0.2) is 79.3 Å². The van der Waals surface area contributed by atoms with E-state index in [9.17, 15) is 34.6 Å². The molecule has 1 aromatic heterocycles. The van der Waals surface area contributed by atoms with Crippen LogP contribution in [0.3, 0.4) is 0 Å². The van der Waals surface area contributed by atoms with Crippen LogP contribution in [0, 0.1) is 11.8 Å². The van der Waals surface area contributed by atoms with Crippen molar-refractivity contribution in [3.63, 3.8) is 0 Å². The molecule has 28 heavy (non-hydrogen) atoms. The minimum absolute atomic E-state index is 0.0272. The molecule has 0 unspecified atom stereocenters. The summed E-state index contributed by atoms with van der Waals surface area (Å²) >= 11 is 5.48. The Morgan fingerprint density at radius 1 is 1.43 bits per heavy atom. The van der Waals surface area contributed by atoms with Gasteiger partial charge in [-0.25, -0.2) is 9.59 Å². The number of carbonyl (C=O) groups excluding carboxylic acids is 1. The maximum Gasteiger partial charge on any atom is 0.340 e. The summed E-state index contributed by atoms with van der Waals surface area (Å²) < 4.78 is 6.29.